The molecule has 0 radical (unpaired) electrons. The maximum absolute atomic E-state index is 11.9. The van der Waals surface area contributed by atoms with Crippen molar-refractivity contribution in [3.8, 4) is 11.2 Å². The van der Waals surface area contributed by atoms with Gasteiger partial charge in [0.2, 0.25) is 5.91 Å². The maximum atomic E-state index is 11.9. The lowest BCUT2D eigenvalue weighted by molar-refractivity contribution is -0.120. The van der Waals surface area contributed by atoms with Crippen molar-refractivity contribution in [3.05, 3.63) is 42.5 Å². The summed E-state index contributed by atoms with van der Waals surface area (Å²) < 4.78 is 5.07. The van der Waals surface area contributed by atoms with Crippen molar-refractivity contribution >= 4 is 17.7 Å². The number of ether oxygens (including phenoxy) is 1. The second-order valence-electron chi connectivity index (χ2n) is 3.78. The van der Waals surface area contributed by atoms with Crippen molar-refractivity contribution in [1.82, 2.24) is 5.32 Å². The van der Waals surface area contributed by atoms with Gasteiger partial charge in [-0.15, -0.1) is 6.58 Å². The first-order valence-electron chi connectivity index (χ1n) is 5.77. The number of hydrogen-bond donors (Lipinski definition) is 1. The molecule has 1 aromatic carbocycles. The number of amides is 1. The number of carbonyl (C=O) groups excluding carboxylic acids is 1. The molecular formula is C14H16N2O2S. The van der Waals surface area contributed by atoms with Crippen LogP contribution in [-0.2, 0) is 11.2 Å². The molecule has 0 aliphatic carbocycles. The van der Waals surface area contributed by atoms with E-state index in [2.05, 4.69) is 11.9 Å². The highest BCUT2D eigenvalue weighted by Crippen LogP contribution is 2.18. The van der Waals surface area contributed by atoms with Gasteiger partial charge in [-0.3, -0.25) is 4.79 Å². The molecule has 0 heterocycles. The monoisotopic (exact) mass is 276 g/mol. The van der Waals surface area contributed by atoms with E-state index in [0.29, 0.717) is 13.0 Å². The Labute approximate surface area is 117 Å². The Kier molecular flexibility index (Phi) is 6.55. The molecule has 0 aromatic heterocycles. The van der Waals surface area contributed by atoms with Gasteiger partial charge in [0.15, 0.2) is 0 Å². The fraction of sp³-hybridized carbons (Fsp3) is 0.286. The summed E-state index contributed by atoms with van der Waals surface area (Å²) in [4.78, 5) is 11.9. The minimum Gasteiger partial charge on any atom is -0.497 e. The summed E-state index contributed by atoms with van der Waals surface area (Å²) in [6, 6.07) is 7.46. The molecule has 1 aromatic rings. The third kappa shape index (κ3) is 5.06. The van der Waals surface area contributed by atoms with Crippen molar-refractivity contribution < 1.29 is 9.53 Å². The number of nitrogens with zero attached hydrogens (tertiary/aromatic N) is 1. The zero-order chi connectivity index (χ0) is 14.1. The molecule has 0 fully saturated rings. The van der Waals surface area contributed by atoms with Crippen LogP contribution in [0.1, 0.15) is 5.56 Å². The number of nitriles is 1. The molecule has 1 atom stereocenters. The van der Waals surface area contributed by atoms with Crippen molar-refractivity contribution in [2.45, 2.75) is 11.7 Å². The number of hydrogen-bond acceptors (Lipinski definition) is 4. The van der Waals surface area contributed by atoms with Crippen molar-refractivity contribution in [1.29, 1.82) is 5.26 Å². The number of thiocyanates is 1. The van der Waals surface area contributed by atoms with Gasteiger partial charge in [-0.25, -0.2) is 0 Å². The van der Waals surface area contributed by atoms with E-state index in [1.165, 1.54) is 0 Å². The van der Waals surface area contributed by atoms with E-state index in [-0.39, 0.29) is 5.91 Å². The SMILES string of the molecule is C=CCNC(=O)C(Cc1ccc(OC)cc1)SC#N. The normalized spacial score (nSPS) is 11.2. The Morgan fingerprint density at radius 1 is 1.58 bits per heavy atom. The quantitative estimate of drug-likeness (QED) is 0.612. The van der Waals surface area contributed by atoms with Gasteiger partial charge in [-0.1, -0.05) is 18.2 Å². The molecule has 1 N–H and O–H groups in total. The molecular weight excluding hydrogens is 260 g/mol. The summed E-state index contributed by atoms with van der Waals surface area (Å²) in [7, 11) is 1.60. The van der Waals surface area contributed by atoms with Gasteiger partial charge < -0.3 is 10.1 Å². The summed E-state index contributed by atoms with van der Waals surface area (Å²) in [6.45, 7) is 3.95. The van der Waals surface area contributed by atoms with Crippen LogP contribution in [0.3, 0.4) is 0 Å². The van der Waals surface area contributed by atoms with E-state index in [4.69, 9.17) is 10.00 Å². The van der Waals surface area contributed by atoms with Gasteiger partial charge in [-0.05, 0) is 35.9 Å². The molecule has 100 valence electrons. The first kappa shape index (κ1) is 15.1. The predicted octanol–water partition coefficient (Wildman–Crippen LogP) is 2.12. The molecule has 1 amide bonds. The highest BCUT2D eigenvalue weighted by atomic mass is 32.2. The van der Waals surface area contributed by atoms with E-state index in [1.807, 2.05) is 29.7 Å². The van der Waals surface area contributed by atoms with Crippen LogP contribution in [-0.4, -0.2) is 24.8 Å². The molecule has 1 rings (SSSR count). The van der Waals surface area contributed by atoms with Gasteiger partial charge in [0.25, 0.3) is 0 Å². The van der Waals surface area contributed by atoms with Crippen LogP contribution in [0.15, 0.2) is 36.9 Å². The fourth-order valence-electron chi connectivity index (χ4n) is 1.51. The van der Waals surface area contributed by atoms with Crippen LogP contribution in [0.5, 0.6) is 5.75 Å². The van der Waals surface area contributed by atoms with Crippen molar-refractivity contribution in [3.63, 3.8) is 0 Å². The van der Waals surface area contributed by atoms with Crippen LogP contribution in [0.2, 0.25) is 0 Å². The second kappa shape index (κ2) is 8.22. The topological polar surface area (TPSA) is 62.1 Å². The van der Waals surface area contributed by atoms with Crippen molar-refractivity contribution in [2.75, 3.05) is 13.7 Å². The highest BCUT2D eigenvalue weighted by molar-refractivity contribution is 8.04. The molecule has 0 aliphatic rings. The third-order valence-corrected chi connectivity index (χ3v) is 3.26. The summed E-state index contributed by atoms with van der Waals surface area (Å²) >= 11 is 0.968. The lowest BCUT2D eigenvalue weighted by Crippen LogP contribution is -2.33. The average molecular weight is 276 g/mol. The van der Waals surface area contributed by atoms with Crippen LogP contribution in [0.4, 0.5) is 0 Å². The summed E-state index contributed by atoms with van der Waals surface area (Å²) in [5.41, 5.74) is 0.988. The standard InChI is InChI=1S/C14H16N2O2S/c1-3-8-16-14(17)13(19-10-15)9-11-4-6-12(18-2)7-5-11/h3-7,13H,1,8-9H2,2H3,(H,16,17). The Morgan fingerprint density at radius 3 is 2.79 bits per heavy atom. The van der Waals surface area contributed by atoms with Gasteiger partial charge in [0.05, 0.1) is 7.11 Å². The molecule has 0 bridgehead atoms. The number of benzene rings is 1. The first-order valence-corrected chi connectivity index (χ1v) is 6.65. The van der Waals surface area contributed by atoms with E-state index in [1.54, 1.807) is 13.2 Å². The van der Waals surface area contributed by atoms with Crippen LogP contribution < -0.4 is 10.1 Å². The van der Waals surface area contributed by atoms with E-state index < -0.39 is 5.25 Å². The Morgan fingerprint density at radius 2 is 2.26 bits per heavy atom. The molecule has 0 aliphatic heterocycles. The number of methoxy groups -OCH3 is 1. The Bertz CT molecular complexity index is 465. The average Bonchev–Trinajstić information content (AvgIpc) is 2.45. The van der Waals surface area contributed by atoms with Gasteiger partial charge in [0, 0.05) is 6.54 Å². The largest absolute Gasteiger partial charge is 0.497 e. The zero-order valence-electron chi connectivity index (χ0n) is 10.8. The van der Waals surface area contributed by atoms with Crippen molar-refractivity contribution in [2.24, 2.45) is 0 Å². The molecule has 0 saturated carbocycles. The Hall–Kier alpha value is -1.93. The molecule has 5 heteroatoms. The Balaban J connectivity index is 2.68. The molecule has 4 nitrogen and oxygen atoms in total. The van der Waals surface area contributed by atoms with Gasteiger partial charge >= 0.3 is 0 Å². The van der Waals surface area contributed by atoms with Crippen LogP contribution in [0.25, 0.3) is 0 Å². The lowest BCUT2D eigenvalue weighted by Gasteiger charge is -2.12. The molecule has 1 unspecified atom stereocenters. The first-order chi connectivity index (χ1) is 9.21. The zero-order valence-corrected chi connectivity index (χ0v) is 11.6. The number of carbonyl (C=O) groups is 1. The second-order valence-corrected chi connectivity index (χ2v) is 4.77. The van der Waals surface area contributed by atoms with E-state index >= 15 is 0 Å². The predicted molar refractivity (Wildman–Crippen MR) is 76.9 cm³/mol. The summed E-state index contributed by atoms with van der Waals surface area (Å²) in [5.74, 6) is 0.617. The molecule has 19 heavy (non-hydrogen) atoms. The summed E-state index contributed by atoms with van der Waals surface area (Å²) in [6.07, 6.45) is 2.12. The van der Waals surface area contributed by atoms with Crippen LogP contribution in [0, 0.1) is 10.7 Å². The number of nitrogens with one attached hydrogen (secondary N) is 1. The van der Waals surface area contributed by atoms with Gasteiger partial charge in [0.1, 0.15) is 16.4 Å². The number of rotatable bonds is 7. The number of thioether (sulfide) groups is 1. The van der Waals surface area contributed by atoms with E-state index in [0.717, 1.165) is 23.1 Å². The van der Waals surface area contributed by atoms with Gasteiger partial charge in [-0.2, -0.15) is 5.26 Å². The highest BCUT2D eigenvalue weighted by Gasteiger charge is 2.19. The minimum absolute atomic E-state index is 0.151. The fourth-order valence-corrected chi connectivity index (χ4v) is 2.11. The van der Waals surface area contributed by atoms with Crippen LogP contribution >= 0.6 is 11.8 Å². The maximum Gasteiger partial charge on any atom is 0.234 e. The lowest BCUT2D eigenvalue weighted by atomic mass is 10.1. The smallest absolute Gasteiger partial charge is 0.234 e. The van der Waals surface area contributed by atoms with E-state index in [9.17, 15) is 4.79 Å². The summed E-state index contributed by atoms with van der Waals surface area (Å²) in [5, 5.41) is 13.0. The minimum atomic E-state index is -0.418. The molecule has 0 saturated heterocycles. The third-order valence-electron chi connectivity index (χ3n) is 2.49. The molecule has 0 spiro atoms.